The van der Waals surface area contributed by atoms with Gasteiger partial charge in [0.1, 0.15) is 0 Å². The van der Waals surface area contributed by atoms with Crippen LogP contribution in [-0.4, -0.2) is 19.4 Å². The summed E-state index contributed by atoms with van der Waals surface area (Å²) in [6.45, 7) is 6.60. The minimum atomic E-state index is -0.603. The number of carbonyl (C=O) groups is 1. The zero-order chi connectivity index (χ0) is 10.8. The maximum atomic E-state index is 10.7. The molecule has 0 radical (unpaired) electrons. The van der Waals surface area contributed by atoms with Crippen LogP contribution in [0, 0.1) is 5.92 Å². The normalized spacial score (nSPS) is 9.14. The van der Waals surface area contributed by atoms with Crippen LogP contribution < -0.4 is 0 Å². The van der Waals surface area contributed by atoms with Gasteiger partial charge in [0.15, 0.2) is 0 Å². The van der Waals surface area contributed by atoms with E-state index in [2.05, 4.69) is 24.3 Å². The van der Waals surface area contributed by atoms with Gasteiger partial charge in [-0.25, -0.2) is 4.79 Å². The Morgan fingerprint density at radius 3 is 2.71 bits per heavy atom. The molecule has 0 unspecified atom stereocenters. The fourth-order valence-electron chi connectivity index (χ4n) is 0.705. The fraction of sp³-hybridized carbons (Fsp3) is 0.636. The third-order valence-electron chi connectivity index (χ3n) is 1.29. The molecule has 3 nitrogen and oxygen atoms in total. The third kappa shape index (κ3) is 8.88. The molecule has 0 spiro atoms. The first-order chi connectivity index (χ1) is 6.66. The molecule has 80 valence electrons. The molecule has 0 aliphatic heterocycles. The van der Waals surface area contributed by atoms with Gasteiger partial charge in [-0.1, -0.05) is 13.8 Å². The second-order valence-electron chi connectivity index (χ2n) is 3.10. The molecule has 0 N–H and O–H groups in total. The lowest BCUT2D eigenvalue weighted by Gasteiger charge is -2.01. The minimum Gasteiger partial charge on any atom is -0.435 e. The van der Waals surface area contributed by atoms with E-state index in [1.807, 2.05) is 12.2 Å². The Bertz CT molecular complexity index is 213. The van der Waals surface area contributed by atoms with Crippen molar-refractivity contribution in [1.82, 2.24) is 0 Å². The van der Waals surface area contributed by atoms with Crippen molar-refractivity contribution >= 4 is 6.16 Å². The van der Waals surface area contributed by atoms with Crippen LogP contribution in [0.1, 0.15) is 27.2 Å². The number of ether oxygens (including phenoxy) is 2. The molecule has 14 heavy (non-hydrogen) atoms. The second kappa shape index (κ2) is 8.39. The van der Waals surface area contributed by atoms with Crippen LogP contribution >= 0.6 is 0 Å². The average Bonchev–Trinajstić information content (AvgIpc) is 2.11. The third-order valence-corrected chi connectivity index (χ3v) is 1.29. The topological polar surface area (TPSA) is 35.5 Å². The SMILES string of the molecule is CCOC(=O)OCCC=C=CC(C)C. The average molecular weight is 198 g/mol. The Labute approximate surface area is 85.4 Å². The van der Waals surface area contributed by atoms with Gasteiger partial charge in [-0.2, -0.15) is 0 Å². The predicted octanol–water partition coefficient (Wildman–Crippen LogP) is 2.92. The maximum Gasteiger partial charge on any atom is 0.508 e. The molecule has 0 fully saturated rings. The number of carbonyl (C=O) groups excluding carboxylic acids is 1. The van der Waals surface area contributed by atoms with Crippen LogP contribution in [0.15, 0.2) is 17.9 Å². The van der Waals surface area contributed by atoms with Gasteiger partial charge in [-0.15, -0.1) is 5.73 Å². The van der Waals surface area contributed by atoms with Crippen LogP contribution in [0.2, 0.25) is 0 Å². The molecule has 0 amide bonds. The Morgan fingerprint density at radius 2 is 2.14 bits per heavy atom. The molecule has 0 rings (SSSR count). The van der Waals surface area contributed by atoms with Crippen molar-refractivity contribution in [3.05, 3.63) is 17.9 Å². The Hall–Kier alpha value is -1.21. The van der Waals surface area contributed by atoms with Gasteiger partial charge in [-0.3, -0.25) is 0 Å². The van der Waals surface area contributed by atoms with E-state index in [9.17, 15) is 4.79 Å². The summed E-state index contributed by atoms with van der Waals surface area (Å²) in [5.74, 6) is 0.497. The van der Waals surface area contributed by atoms with Crippen molar-refractivity contribution in [2.75, 3.05) is 13.2 Å². The Kier molecular flexibility index (Phi) is 7.67. The van der Waals surface area contributed by atoms with Crippen LogP contribution in [-0.2, 0) is 9.47 Å². The first-order valence-electron chi connectivity index (χ1n) is 4.87. The van der Waals surface area contributed by atoms with Gasteiger partial charge in [0, 0.05) is 6.42 Å². The van der Waals surface area contributed by atoms with E-state index >= 15 is 0 Å². The molecule has 0 aromatic carbocycles. The van der Waals surface area contributed by atoms with Crippen molar-refractivity contribution in [3.63, 3.8) is 0 Å². The van der Waals surface area contributed by atoms with Gasteiger partial charge in [0.25, 0.3) is 0 Å². The van der Waals surface area contributed by atoms with Crippen molar-refractivity contribution in [3.8, 4) is 0 Å². The van der Waals surface area contributed by atoms with Crippen LogP contribution in [0.3, 0.4) is 0 Å². The molecule has 0 heterocycles. The molecule has 0 bridgehead atoms. The quantitative estimate of drug-likeness (QED) is 0.387. The Morgan fingerprint density at radius 1 is 1.43 bits per heavy atom. The lowest BCUT2D eigenvalue weighted by atomic mass is 10.2. The van der Waals surface area contributed by atoms with E-state index < -0.39 is 6.16 Å². The summed E-state index contributed by atoms with van der Waals surface area (Å²) >= 11 is 0. The zero-order valence-corrected chi connectivity index (χ0v) is 9.08. The predicted molar refractivity (Wildman–Crippen MR) is 55.1 cm³/mol. The molecule has 0 aliphatic carbocycles. The standard InChI is InChI=1S/C11H18O3/c1-4-13-11(12)14-9-7-5-6-8-10(2)3/h5,8,10H,4,7,9H2,1-3H3. The van der Waals surface area contributed by atoms with E-state index in [0.29, 0.717) is 25.6 Å². The largest absolute Gasteiger partial charge is 0.508 e. The summed E-state index contributed by atoms with van der Waals surface area (Å²) < 4.78 is 9.33. The molecule has 0 aromatic rings. The summed E-state index contributed by atoms with van der Waals surface area (Å²) in [4.78, 5) is 10.7. The molecule has 0 aliphatic rings. The molecule has 0 saturated heterocycles. The van der Waals surface area contributed by atoms with Gasteiger partial charge < -0.3 is 9.47 Å². The summed E-state index contributed by atoms with van der Waals surface area (Å²) in [6, 6.07) is 0. The summed E-state index contributed by atoms with van der Waals surface area (Å²) in [5.41, 5.74) is 3.01. The lowest BCUT2D eigenvalue weighted by molar-refractivity contribution is 0.0604. The summed E-state index contributed by atoms with van der Waals surface area (Å²) in [7, 11) is 0. The summed E-state index contributed by atoms with van der Waals surface area (Å²) in [5, 5.41) is 0. The van der Waals surface area contributed by atoms with Crippen molar-refractivity contribution in [1.29, 1.82) is 0 Å². The monoisotopic (exact) mass is 198 g/mol. The highest BCUT2D eigenvalue weighted by atomic mass is 16.7. The molecular weight excluding hydrogens is 180 g/mol. The van der Waals surface area contributed by atoms with Crippen molar-refractivity contribution in [2.24, 2.45) is 5.92 Å². The molecular formula is C11H18O3. The van der Waals surface area contributed by atoms with Gasteiger partial charge in [0.05, 0.1) is 13.2 Å². The second-order valence-corrected chi connectivity index (χ2v) is 3.10. The van der Waals surface area contributed by atoms with E-state index in [1.54, 1.807) is 6.92 Å². The maximum absolute atomic E-state index is 10.7. The minimum absolute atomic E-state index is 0.345. The van der Waals surface area contributed by atoms with E-state index in [-0.39, 0.29) is 0 Å². The smallest absolute Gasteiger partial charge is 0.435 e. The summed E-state index contributed by atoms with van der Waals surface area (Å²) in [6.07, 6.45) is 3.87. The van der Waals surface area contributed by atoms with Gasteiger partial charge in [0.2, 0.25) is 0 Å². The van der Waals surface area contributed by atoms with E-state index in [1.165, 1.54) is 0 Å². The number of hydrogen-bond donors (Lipinski definition) is 0. The van der Waals surface area contributed by atoms with Crippen molar-refractivity contribution < 1.29 is 14.3 Å². The lowest BCUT2D eigenvalue weighted by Crippen LogP contribution is -2.07. The van der Waals surface area contributed by atoms with Gasteiger partial charge >= 0.3 is 6.16 Å². The van der Waals surface area contributed by atoms with Gasteiger partial charge in [-0.05, 0) is 25.0 Å². The van der Waals surface area contributed by atoms with Crippen LogP contribution in [0.25, 0.3) is 0 Å². The highest BCUT2D eigenvalue weighted by Gasteiger charge is 1.98. The van der Waals surface area contributed by atoms with Crippen LogP contribution in [0.4, 0.5) is 4.79 Å². The number of hydrogen-bond acceptors (Lipinski definition) is 3. The van der Waals surface area contributed by atoms with Crippen LogP contribution in [0.5, 0.6) is 0 Å². The van der Waals surface area contributed by atoms with E-state index in [0.717, 1.165) is 0 Å². The van der Waals surface area contributed by atoms with E-state index in [4.69, 9.17) is 4.74 Å². The fourth-order valence-corrected chi connectivity index (χ4v) is 0.705. The molecule has 0 aromatic heterocycles. The zero-order valence-electron chi connectivity index (χ0n) is 9.08. The first-order valence-corrected chi connectivity index (χ1v) is 4.87. The highest BCUT2D eigenvalue weighted by Crippen LogP contribution is 1.92. The van der Waals surface area contributed by atoms with Crippen molar-refractivity contribution in [2.45, 2.75) is 27.2 Å². The Balaban J connectivity index is 3.46. The number of rotatable bonds is 5. The first kappa shape index (κ1) is 12.8. The molecule has 3 heteroatoms. The highest BCUT2D eigenvalue weighted by molar-refractivity contribution is 5.59. The molecule has 0 saturated carbocycles. The molecule has 0 atom stereocenters.